The molecular weight excluding hydrogens is 843 g/mol. The number of piperidine rings is 2. The van der Waals surface area contributed by atoms with Gasteiger partial charge in [0.2, 0.25) is 0 Å². The lowest BCUT2D eigenvalue weighted by Crippen LogP contribution is -2.55. The molecule has 5 heterocycles. The van der Waals surface area contributed by atoms with Gasteiger partial charge in [-0.2, -0.15) is 0 Å². The highest BCUT2D eigenvalue weighted by atomic mass is 32.2. The molecule has 8 rings (SSSR count). The maximum atomic E-state index is 15.6. The number of halogens is 2. The first-order valence-electron chi connectivity index (χ1n) is 22.0. The van der Waals surface area contributed by atoms with Crippen LogP contribution in [0.4, 0.5) is 36.5 Å². The van der Waals surface area contributed by atoms with Crippen LogP contribution in [0.2, 0.25) is 0 Å². The van der Waals surface area contributed by atoms with Crippen LogP contribution in [0.15, 0.2) is 83.0 Å². The van der Waals surface area contributed by atoms with Gasteiger partial charge in [0.05, 0.1) is 42.4 Å². The number of carbonyl (C=O) groups is 3. The van der Waals surface area contributed by atoms with Crippen LogP contribution in [0.5, 0.6) is 0 Å². The van der Waals surface area contributed by atoms with Crippen LogP contribution < -0.4 is 25.3 Å². The molecule has 64 heavy (non-hydrogen) atoms. The number of alkyl carbamates (subject to hydrolysis) is 1. The molecule has 2 amide bonds. The van der Waals surface area contributed by atoms with Crippen LogP contribution in [-0.2, 0) is 9.47 Å². The Morgan fingerprint density at radius 2 is 1.61 bits per heavy atom. The summed E-state index contributed by atoms with van der Waals surface area (Å²) in [6.45, 7) is 14.0. The minimum Gasteiger partial charge on any atom is -0.478 e. The van der Waals surface area contributed by atoms with Crippen molar-refractivity contribution in [3.05, 3.63) is 95.8 Å². The number of carboxylic acid groups (broad SMARTS) is 1. The second-order valence-electron chi connectivity index (χ2n) is 18.2. The Kier molecular flexibility index (Phi) is 13.3. The predicted octanol–water partition coefficient (Wildman–Crippen LogP) is 7.55. The highest BCUT2D eigenvalue weighted by Gasteiger charge is 2.50. The van der Waals surface area contributed by atoms with Crippen molar-refractivity contribution < 1.29 is 37.7 Å². The van der Waals surface area contributed by atoms with Crippen LogP contribution >= 0.6 is 11.8 Å². The molecule has 0 aliphatic carbocycles. The van der Waals surface area contributed by atoms with Crippen molar-refractivity contribution in [1.82, 2.24) is 20.2 Å². The van der Waals surface area contributed by atoms with Gasteiger partial charge < -0.3 is 39.9 Å². The van der Waals surface area contributed by atoms with Gasteiger partial charge in [0.15, 0.2) is 0 Å². The largest absolute Gasteiger partial charge is 0.478 e. The third-order valence-electron chi connectivity index (χ3n) is 12.8. The Labute approximate surface area is 376 Å². The quantitative estimate of drug-likeness (QED) is 0.144. The smallest absolute Gasteiger partial charge is 0.407 e. The van der Waals surface area contributed by atoms with E-state index in [1.807, 2.05) is 50.8 Å². The number of hydrogen-bond donors (Lipinski definition) is 3. The average molecular weight is 899 g/mol. The van der Waals surface area contributed by atoms with Gasteiger partial charge in [-0.25, -0.2) is 28.3 Å². The van der Waals surface area contributed by atoms with Gasteiger partial charge in [0.25, 0.3) is 5.91 Å². The lowest BCUT2D eigenvalue weighted by atomic mass is 9.73. The molecule has 0 saturated carbocycles. The van der Waals surface area contributed by atoms with E-state index in [2.05, 4.69) is 30.3 Å². The van der Waals surface area contributed by atoms with E-state index in [0.29, 0.717) is 60.9 Å². The van der Waals surface area contributed by atoms with Gasteiger partial charge in [-0.3, -0.25) is 9.69 Å². The van der Waals surface area contributed by atoms with Crippen LogP contribution in [0.25, 0.3) is 0 Å². The standard InChI is InChI=1S/C47H56F2N8O6S/c1-30-42(53-45(61)63-46(2,3)4)47(29-62-30)14-18-57(19-15-47)40-27-51-41(28-50-40)64-35-7-5-6-32(25-35)52-43(58)31-8-11-39(38(49)24-31)56-16-12-33(13-17-56)54-20-22-55(23-21-54)34-9-10-36(44(59)60)37(48)26-34/h5-11,24-28,30,33,42H,12-23,29H2,1-4H3,(H,52,58)(H,53,61)(H,59,60)/t30-,42+/m0/s1. The van der Waals surface area contributed by atoms with Gasteiger partial charge in [0.1, 0.15) is 28.1 Å². The number of aromatic nitrogens is 2. The fraction of sp³-hybridized carbons (Fsp3) is 0.468. The molecule has 340 valence electrons. The molecule has 3 N–H and O–H groups in total. The molecule has 1 spiro atoms. The Morgan fingerprint density at radius 3 is 2.27 bits per heavy atom. The van der Waals surface area contributed by atoms with Gasteiger partial charge in [-0.05, 0) is 108 Å². The van der Waals surface area contributed by atoms with Crippen molar-refractivity contribution in [3.63, 3.8) is 0 Å². The maximum Gasteiger partial charge on any atom is 0.407 e. The minimum atomic E-state index is -1.28. The predicted molar refractivity (Wildman–Crippen MR) is 242 cm³/mol. The first kappa shape index (κ1) is 45.1. The number of amides is 2. The summed E-state index contributed by atoms with van der Waals surface area (Å²) >= 11 is 1.42. The van der Waals surface area contributed by atoms with Crippen molar-refractivity contribution in [3.8, 4) is 0 Å². The molecule has 4 aliphatic rings. The summed E-state index contributed by atoms with van der Waals surface area (Å²) in [6.07, 6.45) is 6.36. The summed E-state index contributed by atoms with van der Waals surface area (Å²) in [5.74, 6) is -2.09. The van der Waals surface area contributed by atoms with Crippen LogP contribution in [0, 0.1) is 17.0 Å². The molecule has 0 bridgehead atoms. The van der Waals surface area contributed by atoms with Crippen molar-refractivity contribution in [2.45, 2.75) is 87.1 Å². The number of carboxylic acids is 1. The highest BCUT2D eigenvalue weighted by molar-refractivity contribution is 7.99. The normalized spacial score (nSPS) is 20.6. The molecule has 0 unspecified atom stereocenters. The molecule has 3 aromatic carbocycles. The average Bonchev–Trinajstić information content (AvgIpc) is 3.56. The van der Waals surface area contributed by atoms with Crippen molar-refractivity contribution >= 4 is 52.6 Å². The summed E-state index contributed by atoms with van der Waals surface area (Å²) < 4.78 is 41.5. The van der Waals surface area contributed by atoms with Crippen molar-refractivity contribution in [2.24, 2.45) is 5.41 Å². The number of piperazine rings is 1. The van der Waals surface area contributed by atoms with Crippen molar-refractivity contribution in [1.29, 1.82) is 0 Å². The Bertz CT molecular complexity index is 2330. The number of rotatable bonds is 10. The molecule has 14 nitrogen and oxygen atoms in total. The van der Waals surface area contributed by atoms with E-state index >= 15 is 4.39 Å². The van der Waals surface area contributed by atoms with Gasteiger partial charge >= 0.3 is 12.1 Å². The number of hydrogen-bond acceptors (Lipinski definition) is 12. The monoisotopic (exact) mass is 898 g/mol. The number of ether oxygens (including phenoxy) is 2. The zero-order chi connectivity index (χ0) is 45.2. The number of benzene rings is 3. The maximum absolute atomic E-state index is 15.6. The van der Waals surface area contributed by atoms with Gasteiger partial charge in [-0.15, -0.1) is 0 Å². The lowest BCUT2D eigenvalue weighted by Gasteiger charge is -2.43. The molecule has 17 heteroatoms. The van der Waals surface area contributed by atoms with E-state index in [0.717, 1.165) is 62.6 Å². The highest BCUT2D eigenvalue weighted by Crippen LogP contribution is 2.43. The zero-order valence-corrected chi connectivity index (χ0v) is 37.5. The third kappa shape index (κ3) is 10.4. The lowest BCUT2D eigenvalue weighted by molar-refractivity contribution is 0.0433. The minimum absolute atomic E-state index is 0.113. The van der Waals surface area contributed by atoms with E-state index in [1.165, 1.54) is 30.0 Å². The second-order valence-corrected chi connectivity index (χ2v) is 19.3. The first-order chi connectivity index (χ1) is 30.6. The number of nitrogens with one attached hydrogen (secondary N) is 2. The summed E-state index contributed by atoms with van der Waals surface area (Å²) in [4.78, 5) is 56.2. The Morgan fingerprint density at radius 1 is 0.859 bits per heavy atom. The Hall–Kier alpha value is -5.52. The molecule has 0 radical (unpaired) electrons. The molecule has 4 fully saturated rings. The second kappa shape index (κ2) is 18.9. The van der Waals surface area contributed by atoms with E-state index in [4.69, 9.17) is 19.6 Å². The molecular formula is C47H56F2N8O6S. The summed E-state index contributed by atoms with van der Waals surface area (Å²) in [6, 6.07) is 16.5. The fourth-order valence-electron chi connectivity index (χ4n) is 9.41. The van der Waals surface area contributed by atoms with Crippen LogP contribution in [0.3, 0.4) is 0 Å². The number of anilines is 4. The van der Waals surface area contributed by atoms with Gasteiger partial charge in [-0.1, -0.05) is 17.8 Å². The van der Waals surface area contributed by atoms with E-state index in [9.17, 15) is 18.8 Å². The van der Waals surface area contributed by atoms with Crippen LogP contribution in [-0.4, -0.2) is 121 Å². The molecule has 4 aliphatic heterocycles. The molecule has 2 atom stereocenters. The number of nitrogens with zero attached hydrogens (tertiary/aromatic N) is 6. The van der Waals surface area contributed by atoms with Crippen LogP contribution in [0.1, 0.15) is 74.1 Å². The van der Waals surface area contributed by atoms with E-state index < -0.39 is 35.2 Å². The SMILES string of the molecule is C[C@@H]1OCC2(CCN(c3cnc(Sc4cccc(NC(=O)c5ccc(N6CCC(N7CCN(c8ccc(C(=O)O)c(F)c8)CC7)CC6)c(F)c5)c4)cn3)CC2)[C@@H]1NC(=O)OC(C)(C)C. The zero-order valence-electron chi connectivity index (χ0n) is 36.7. The number of aromatic carboxylic acids is 1. The summed E-state index contributed by atoms with van der Waals surface area (Å²) in [7, 11) is 0. The Balaban J connectivity index is 0.793. The van der Waals surface area contributed by atoms with Crippen molar-refractivity contribution in [2.75, 3.05) is 79.0 Å². The summed E-state index contributed by atoms with van der Waals surface area (Å²) in [5.41, 5.74) is 0.851. The molecule has 4 saturated heterocycles. The first-order valence-corrected chi connectivity index (χ1v) is 22.8. The summed E-state index contributed by atoms with van der Waals surface area (Å²) in [5, 5.41) is 15.8. The topological polar surface area (TPSA) is 153 Å². The third-order valence-corrected chi connectivity index (χ3v) is 13.8. The molecule has 4 aromatic rings. The van der Waals surface area contributed by atoms with E-state index in [-0.39, 0.29) is 28.7 Å². The molecule has 1 aromatic heterocycles. The van der Waals surface area contributed by atoms with Gasteiger partial charge in [0, 0.05) is 85.6 Å². The number of carbonyl (C=O) groups excluding carboxylic acids is 2. The fourth-order valence-corrected chi connectivity index (χ4v) is 10.2. The van der Waals surface area contributed by atoms with E-state index in [1.54, 1.807) is 36.7 Å².